The number of hydrogen-bond acceptors (Lipinski definition) is 6. The lowest BCUT2D eigenvalue weighted by molar-refractivity contribution is -0.140. The highest BCUT2D eigenvalue weighted by Gasteiger charge is 2.46. The van der Waals surface area contributed by atoms with E-state index in [1.54, 1.807) is 48.8 Å². The first-order valence-corrected chi connectivity index (χ1v) is 8.92. The van der Waals surface area contributed by atoms with Crippen LogP contribution >= 0.6 is 0 Å². The number of hydrogen-bond donors (Lipinski definition) is 1. The number of ether oxygens (including phenoxy) is 1. The number of Topliss-reactive ketones (excluding diaryl/α,β-unsaturated/α-hetero) is 1. The van der Waals surface area contributed by atoms with E-state index in [4.69, 9.17) is 4.74 Å². The fourth-order valence-electron chi connectivity index (χ4n) is 3.30. The van der Waals surface area contributed by atoms with Crippen molar-refractivity contribution >= 4 is 17.4 Å². The number of benzene rings is 1. The lowest BCUT2D eigenvalue weighted by Crippen LogP contribution is -2.35. The first-order chi connectivity index (χ1) is 13.5. The summed E-state index contributed by atoms with van der Waals surface area (Å²) in [6, 6.07) is 9.66. The van der Waals surface area contributed by atoms with Gasteiger partial charge in [-0.2, -0.15) is 0 Å². The molecule has 0 radical (unpaired) electrons. The molecule has 146 valence electrons. The number of ketones is 1. The van der Waals surface area contributed by atoms with Gasteiger partial charge in [-0.15, -0.1) is 0 Å². The lowest BCUT2D eigenvalue weighted by Gasteiger charge is -2.26. The van der Waals surface area contributed by atoms with Gasteiger partial charge in [0, 0.05) is 25.5 Å². The number of rotatable bonds is 6. The molecule has 1 aliphatic rings. The monoisotopic (exact) mass is 381 g/mol. The van der Waals surface area contributed by atoms with E-state index in [0.717, 1.165) is 0 Å². The average molecular weight is 381 g/mol. The predicted octanol–water partition coefficient (Wildman–Crippen LogP) is 2.07. The molecule has 3 rings (SSSR count). The van der Waals surface area contributed by atoms with Crippen molar-refractivity contribution in [2.75, 3.05) is 34.3 Å². The first-order valence-electron chi connectivity index (χ1n) is 8.92. The van der Waals surface area contributed by atoms with Crippen molar-refractivity contribution in [3.8, 4) is 5.75 Å². The summed E-state index contributed by atoms with van der Waals surface area (Å²) in [6.45, 7) is 0.941. The molecule has 1 amide bonds. The van der Waals surface area contributed by atoms with E-state index in [1.807, 2.05) is 19.0 Å². The second-order valence-electron chi connectivity index (χ2n) is 6.78. The van der Waals surface area contributed by atoms with E-state index in [1.165, 1.54) is 12.0 Å². The molecule has 1 fully saturated rings. The van der Waals surface area contributed by atoms with Crippen LogP contribution in [0, 0.1) is 0 Å². The van der Waals surface area contributed by atoms with Gasteiger partial charge in [0.25, 0.3) is 11.7 Å². The Hall–Kier alpha value is -3.19. The number of methoxy groups -OCH3 is 1. The Morgan fingerprint density at radius 1 is 1.18 bits per heavy atom. The van der Waals surface area contributed by atoms with Crippen LogP contribution in [0.25, 0.3) is 5.76 Å². The van der Waals surface area contributed by atoms with Crippen molar-refractivity contribution in [3.63, 3.8) is 0 Å². The summed E-state index contributed by atoms with van der Waals surface area (Å²) in [4.78, 5) is 33.1. The van der Waals surface area contributed by atoms with Gasteiger partial charge in [-0.3, -0.25) is 14.6 Å². The zero-order chi connectivity index (χ0) is 20.3. The Morgan fingerprint density at radius 3 is 2.50 bits per heavy atom. The Balaban J connectivity index is 2.16. The van der Waals surface area contributed by atoms with Gasteiger partial charge in [0.2, 0.25) is 0 Å². The fourth-order valence-corrected chi connectivity index (χ4v) is 3.30. The minimum absolute atomic E-state index is 0.0551. The van der Waals surface area contributed by atoms with E-state index < -0.39 is 17.7 Å². The molecular formula is C21H23N3O4. The number of likely N-dealkylation sites (N-methyl/N-ethyl adjacent to an activating group) is 1. The normalized spacial score (nSPS) is 18.7. The van der Waals surface area contributed by atoms with Gasteiger partial charge in [-0.25, -0.2) is 0 Å². The maximum absolute atomic E-state index is 12.9. The molecule has 7 nitrogen and oxygen atoms in total. The number of para-hydroxylation sites is 1. The van der Waals surface area contributed by atoms with Gasteiger partial charge in [-0.1, -0.05) is 12.1 Å². The third kappa shape index (κ3) is 3.61. The van der Waals surface area contributed by atoms with E-state index in [0.29, 0.717) is 30.0 Å². The van der Waals surface area contributed by atoms with Crippen LogP contribution in [0.1, 0.15) is 17.2 Å². The molecule has 1 atom stereocenters. The molecule has 1 aromatic carbocycles. The molecule has 1 unspecified atom stereocenters. The fraction of sp³-hybridized carbons (Fsp3) is 0.286. The Bertz CT molecular complexity index is 909. The molecule has 2 aromatic rings. The molecule has 0 saturated carbocycles. The molecule has 0 spiro atoms. The third-order valence-corrected chi connectivity index (χ3v) is 4.71. The molecular weight excluding hydrogens is 358 g/mol. The maximum Gasteiger partial charge on any atom is 0.295 e. The minimum Gasteiger partial charge on any atom is -0.507 e. The zero-order valence-electron chi connectivity index (χ0n) is 16.1. The molecule has 2 heterocycles. The Kier molecular flexibility index (Phi) is 5.75. The van der Waals surface area contributed by atoms with Crippen LogP contribution in [0.5, 0.6) is 5.75 Å². The third-order valence-electron chi connectivity index (χ3n) is 4.71. The molecule has 0 aliphatic carbocycles. The van der Waals surface area contributed by atoms with Crippen molar-refractivity contribution < 1.29 is 19.4 Å². The van der Waals surface area contributed by atoms with Gasteiger partial charge in [0.05, 0.1) is 24.3 Å². The number of carbonyl (C=O) groups excluding carboxylic acids is 2. The highest BCUT2D eigenvalue weighted by molar-refractivity contribution is 6.46. The van der Waals surface area contributed by atoms with Crippen molar-refractivity contribution in [1.82, 2.24) is 14.8 Å². The topological polar surface area (TPSA) is 83.0 Å². The van der Waals surface area contributed by atoms with E-state index in [2.05, 4.69) is 4.98 Å². The summed E-state index contributed by atoms with van der Waals surface area (Å²) in [5.41, 5.74) is 1.14. The Morgan fingerprint density at radius 2 is 1.86 bits per heavy atom. The standard InChI is InChI=1S/C21H23N3O4/c1-23(2)12-13-24-18(14-8-10-22-11-9-14)17(20(26)21(24)27)19(25)15-6-4-5-7-16(15)28-3/h4-11,18,25H,12-13H2,1-3H3/b19-17+. The van der Waals surface area contributed by atoms with Crippen molar-refractivity contribution in [3.05, 3.63) is 65.5 Å². The molecule has 7 heteroatoms. The summed E-state index contributed by atoms with van der Waals surface area (Å²) in [5.74, 6) is -1.15. The van der Waals surface area contributed by atoms with Crippen LogP contribution in [0.3, 0.4) is 0 Å². The van der Waals surface area contributed by atoms with Crippen LogP contribution in [-0.2, 0) is 9.59 Å². The Labute approximate surface area is 163 Å². The van der Waals surface area contributed by atoms with Gasteiger partial charge in [0.1, 0.15) is 11.5 Å². The maximum atomic E-state index is 12.9. The number of nitrogens with zero attached hydrogens (tertiary/aromatic N) is 3. The number of aromatic nitrogens is 1. The van der Waals surface area contributed by atoms with Gasteiger partial charge < -0.3 is 19.6 Å². The van der Waals surface area contributed by atoms with E-state index in [-0.39, 0.29) is 11.3 Å². The summed E-state index contributed by atoms with van der Waals surface area (Å²) < 4.78 is 5.31. The first kappa shape index (κ1) is 19.6. The summed E-state index contributed by atoms with van der Waals surface area (Å²) in [6.07, 6.45) is 3.20. The lowest BCUT2D eigenvalue weighted by atomic mass is 9.95. The number of aliphatic hydroxyl groups excluding tert-OH is 1. The molecule has 1 aliphatic heterocycles. The van der Waals surface area contributed by atoms with Crippen LogP contribution < -0.4 is 4.74 Å². The highest BCUT2D eigenvalue weighted by atomic mass is 16.5. The summed E-state index contributed by atoms with van der Waals surface area (Å²) in [7, 11) is 5.28. The van der Waals surface area contributed by atoms with E-state index >= 15 is 0 Å². The van der Waals surface area contributed by atoms with E-state index in [9.17, 15) is 14.7 Å². The molecule has 0 bridgehead atoms. The summed E-state index contributed by atoms with van der Waals surface area (Å²) in [5, 5.41) is 11.0. The van der Waals surface area contributed by atoms with Crippen LogP contribution in [0.2, 0.25) is 0 Å². The summed E-state index contributed by atoms with van der Waals surface area (Å²) >= 11 is 0. The smallest absolute Gasteiger partial charge is 0.295 e. The van der Waals surface area contributed by atoms with Crippen LogP contribution in [-0.4, -0.2) is 65.9 Å². The SMILES string of the molecule is COc1ccccc1/C(O)=C1\C(=O)C(=O)N(CCN(C)C)C1c1ccncc1. The van der Waals surface area contributed by atoms with Gasteiger partial charge in [-0.05, 0) is 43.9 Å². The van der Waals surface area contributed by atoms with Crippen LogP contribution in [0.15, 0.2) is 54.4 Å². The van der Waals surface area contributed by atoms with Crippen molar-refractivity contribution in [1.29, 1.82) is 0 Å². The average Bonchev–Trinajstić information content (AvgIpc) is 2.97. The number of likely N-dealkylation sites (tertiary alicyclic amines) is 1. The minimum atomic E-state index is -0.705. The van der Waals surface area contributed by atoms with Crippen molar-refractivity contribution in [2.45, 2.75) is 6.04 Å². The quantitative estimate of drug-likeness (QED) is 0.469. The number of aliphatic hydroxyl groups is 1. The number of carbonyl (C=O) groups is 2. The molecule has 1 N–H and O–H groups in total. The molecule has 1 saturated heterocycles. The number of amides is 1. The van der Waals surface area contributed by atoms with Gasteiger partial charge >= 0.3 is 0 Å². The highest BCUT2D eigenvalue weighted by Crippen LogP contribution is 2.40. The van der Waals surface area contributed by atoms with Crippen LogP contribution in [0.4, 0.5) is 0 Å². The number of pyridine rings is 1. The molecule has 1 aromatic heterocycles. The largest absolute Gasteiger partial charge is 0.507 e. The van der Waals surface area contributed by atoms with Gasteiger partial charge in [0.15, 0.2) is 0 Å². The molecule has 28 heavy (non-hydrogen) atoms. The second kappa shape index (κ2) is 8.22. The zero-order valence-corrected chi connectivity index (χ0v) is 16.1. The van der Waals surface area contributed by atoms with Crippen molar-refractivity contribution in [2.24, 2.45) is 0 Å². The predicted molar refractivity (Wildman–Crippen MR) is 105 cm³/mol. The second-order valence-corrected chi connectivity index (χ2v) is 6.78.